The summed E-state index contributed by atoms with van der Waals surface area (Å²) in [7, 11) is 1.54. The van der Waals surface area contributed by atoms with Gasteiger partial charge in [0, 0.05) is 13.7 Å². The number of hydrogen-bond donors (Lipinski definition) is 1. The van der Waals surface area contributed by atoms with E-state index in [-0.39, 0.29) is 32.5 Å². The van der Waals surface area contributed by atoms with Crippen molar-refractivity contribution in [3.63, 3.8) is 0 Å². The summed E-state index contributed by atoms with van der Waals surface area (Å²) in [4.78, 5) is 24.2. The first-order valence-electron chi connectivity index (χ1n) is 6.80. The van der Waals surface area contributed by atoms with E-state index in [1.165, 1.54) is 7.11 Å². The molecular weight excluding hydrogens is 266 g/mol. The molecule has 1 saturated heterocycles. The van der Waals surface area contributed by atoms with Crippen LogP contribution in [0.15, 0.2) is 0 Å². The molecule has 1 atom stereocenters. The minimum absolute atomic E-state index is 0.105. The first kappa shape index (κ1) is 16.9. The summed E-state index contributed by atoms with van der Waals surface area (Å²) in [6.07, 6.45) is 0.722. The second-order valence-corrected chi connectivity index (χ2v) is 4.46. The summed E-state index contributed by atoms with van der Waals surface area (Å²) in [5.74, 6) is -1.19. The van der Waals surface area contributed by atoms with Crippen molar-refractivity contribution in [1.82, 2.24) is 5.32 Å². The lowest BCUT2D eigenvalue weighted by molar-refractivity contribution is -0.170. The van der Waals surface area contributed by atoms with Crippen LogP contribution in [0.5, 0.6) is 0 Å². The van der Waals surface area contributed by atoms with Gasteiger partial charge in [0.05, 0.1) is 19.3 Å². The zero-order valence-corrected chi connectivity index (χ0v) is 12.3. The van der Waals surface area contributed by atoms with Crippen LogP contribution in [0, 0.1) is 0 Å². The zero-order chi connectivity index (χ0) is 15.0. The van der Waals surface area contributed by atoms with Gasteiger partial charge in [-0.15, -0.1) is 0 Å². The van der Waals surface area contributed by atoms with Crippen molar-refractivity contribution >= 4 is 11.9 Å². The van der Waals surface area contributed by atoms with Gasteiger partial charge in [-0.1, -0.05) is 0 Å². The van der Waals surface area contributed by atoms with Gasteiger partial charge in [0.2, 0.25) is 5.54 Å². The van der Waals surface area contributed by atoms with Gasteiger partial charge < -0.3 is 18.9 Å². The van der Waals surface area contributed by atoms with Crippen molar-refractivity contribution in [1.29, 1.82) is 0 Å². The molecule has 1 aliphatic heterocycles. The van der Waals surface area contributed by atoms with E-state index in [4.69, 9.17) is 18.9 Å². The number of esters is 2. The maximum Gasteiger partial charge on any atom is 0.338 e. The molecule has 0 aromatic heterocycles. The lowest BCUT2D eigenvalue weighted by Gasteiger charge is -2.36. The monoisotopic (exact) mass is 289 g/mol. The number of nitrogens with one attached hydrogen (secondary N) is 1. The van der Waals surface area contributed by atoms with Gasteiger partial charge in [-0.25, -0.2) is 9.59 Å². The normalized spacial score (nSPS) is 21.2. The summed E-state index contributed by atoms with van der Waals surface area (Å²) in [5.41, 5.74) is -1.42. The molecule has 1 N–H and O–H groups in total. The van der Waals surface area contributed by atoms with E-state index in [9.17, 15) is 9.59 Å². The Morgan fingerprint density at radius 2 is 1.80 bits per heavy atom. The second-order valence-electron chi connectivity index (χ2n) is 4.46. The molecule has 1 aliphatic rings. The highest BCUT2D eigenvalue weighted by atomic mass is 16.7. The van der Waals surface area contributed by atoms with Gasteiger partial charge in [-0.3, -0.25) is 5.32 Å². The summed E-state index contributed by atoms with van der Waals surface area (Å²) < 4.78 is 20.3. The van der Waals surface area contributed by atoms with Gasteiger partial charge in [-0.05, 0) is 26.7 Å². The van der Waals surface area contributed by atoms with Gasteiger partial charge >= 0.3 is 11.9 Å². The molecule has 116 valence electrons. The van der Waals surface area contributed by atoms with Crippen LogP contribution in [-0.2, 0) is 28.5 Å². The van der Waals surface area contributed by atoms with Gasteiger partial charge in [0.15, 0.2) is 0 Å². The van der Waals surface area contributed by atoms with E-state index in [0.29, 0.717) is 13.0 Å². The fraction of sp³-hybridized carbons (Fsp3) is 0.846. The maximum absolute atomic E-state index is 12.1. The highest BCUT2D eigenvalue weighted by Crippen LogP contribution is 2.24. The number of carbonyl (C=O) groups is 2. The Balaban J connectivity index is 2.72. The standard InChI is InChI=1S/C13H23NO6/c1-4-18-11(15)13(12(16)19-5-2)7-6-10(8-14-13)20-9-17-3/h10,14H,4-9H2,1-3H3. The molecule has 0 radical (unpaired) electrons. The fourth-order valence-electron chi connectivity index (χ4n) is 2.10. The molecule has 20 heavy (non-hydrogen) atoms. The van der Waals surface area contributed by atoms with E-state index in [2.05, 4.69) is 5.32 Å². The Labute approximate surface area is 118 Å². The van der Waals surface area contributed by atoms with E-state index in [0.717, 1.165) is 0 Å². The Morgan fingerprint density at radius 3 is 2.20 bits per heavy atom. The van der Waals surface area contributed by atoms with Crippen molar-refractivity contribution in [2.45, 2.75) is 38.3 Å². The first-order chi connectivity index (χ1) is 9.60. The van der Waals surface area contributed by atoms with Crippen LogP contribution in [0.3, 0.4) is 0 Å². The molecule has 0 spiro atoms. The van der Waals surface area contributed by atoms with Crippen LogP contribution in [0.2, 0.25) is 0 Å². The Hall–Kier alpha value is -1.18. The molecule has 1 rings (SSSR count). The molecule has 0 amide bonds. The first-order valence-corrected chi connectivity index (χ1v) is 6.80. The van der Waals surface area contributed by atoms with Crippen LogP contribution in [0.25, 0.3) is 0 Å². The third-order valence-electron chi connectivity index (χ3n) is 3.14. The Bertz CT molecular complexity index is 305. The molecule has 1 heterocycles. The van der Waals surface area contributed by atoms with Crippen molar-refractivity contribution in [3.8, 4) is 0 Å². The maximum atomic E-state index is 12.1. The fourth-order valence-corrected chi connectivity index (χ4v) is 2.10. The van der Waals surface area contributed by atoms with Crippen LogP contribution in [-0.4, -0.2) is 57.2 Å². The average molecular weight is 289 g/mol. The molecule has 0 bridgehead atoms. The highest BCUT2D eigenvalue weighted by molar-refractivity contribution is 6.05. The minimum atomic E-state index is -1.42. The quantitative estimate of drug-likeness (QED) is 0.408. The van der Waals surface area contributed by atoms with Gasteiger partial charge in [-0.2, -0.15) is 0 Å². The van der Waals surface area contributed by atoms with Crippen molar-refractivity contribution in [2.75, 3.05) is 33.7 Å². The molecule has 1 fully saturated rings. The van der Waals surface area contributed by atoms with E-state index < -0.39 is 17.5 Å². The SMILES string of the molecule is CCOC(=O)C1(C(=O)OCC)CCC(OCOC)CN1. The zero-order valence-electron chi connectivity index (χ0n) is 12.3. The third-order valence-corrected chi connectivity index (χ3v) is 3.14. The Morgan fingerprint density at radius 1 is 1.20 bits per heavy atom. The summed E-state index contributed by atoms with van der Waals surface area (Å²) in [6, 6.07) is 0. The molecular formula is C13H23NO6. The highest BCUT2D eigenvalue weighted by Gasteiger charge is 2.51. The third kappa shape index (κ3) is 3.91. The predicted molar refractivity (Wildman–Crippen MR) is 70.0 cm³/mol. The average Bonchev–Trinajstić information content (AvgIpc) is 2.46. The van der Waals surface area contributed by atoms with Crippen molar-refractivity contribution in [3.05, 3.63) is 0 Å². The number of carbonyl (C=O) groups excluding carboxylic acids is 2. The molecule has 1 unspecified atom stereocenters. The molecule has 0 aromatic rings. The Kier molecular flexibility index (Phi) is 6.90. The lowest BCUT2D eigenvalue weighted by Crippen LogP contribution is -2.64. The molecule has 7 heteroatoms. The van der Waals surface area contributed by atoms with Crippen LogP contribution in [0.4, 0.5) is 0 Å². The molecule has 0 aliphatic carbocycles. The molecule has 0 saturated carbocycles. The van der Waals surface area contributed by atoms with Crippen LogP contribution in [0.1, 0.15) is 26.7 Å². The summed E-state index contributed by atoms with van der Waals surface area (Å²) >= 11 is 0. The largest absolute Gasteiger partial charge is 0.464 e. The van der Waals surface area contributed by atoms with Gasteiger partial charge in [0.25, 0.3) is 0 Å². The van der Waals surface area contributed by atoms with E-state index >= 15 is 0 Å². The van der Waals surface area contributed by atoms with E-state index in [1.54, 1.807) is 13.8 Å². The number of ether oxygens (including phenoxy) is 4. The molecule has 0 aromatic carbocycles. The number of hydrogen-bond acceptors (Lipinski definition) is 7. The smallest absolute Gasteiger partial charge is 0.338 e. The summed E-state index contributed by atoms with van der Waals surface area (Å²) in [6.45, 7) is 4.36. The second kappa shape index (κ2) is 8.18. The van der Waals surface area contributed by atoms with Crippen molar-refractivity contribution in [2.24, 2.45) is 0 Å². The van der Waals surface area contributed by atoms with E-state index in [1.807, 2.05) is 0 Å². The number of methoxy groups -OCH3 is 1. The van der Waals surface area contributed by atoms with Crippen LogP contribution < -0.4 is 5.32 Å². The van der Waals surface area contributed by atoms with Crippen LogP contribution >= 0.6 is 0 Å². The minimum Gasteiger partial charge on any atom is -0.464 e. The number of piperidine rings is 1. The lowest BCUT2D eigenvalue weighted by atomic mass is 9.87. The van der Waals surface area contributed by atoms with Crippen molar-refractivity contribution < 1.29 is 28.5 Å². The number of rotatable bonds is 7. The molecule has 7 nitrogen and oxygen atoms in total. The topological polar surface area (TPSA) is 83.1 Å². The van der Waals surface area contributed by atoms with Gasteiger partial charge in [0.1, 0.15) is 6.79 Å². The predicted octanol–water partition coefficient (Wildman–Crippen LogP) is 0.224. The summed E-state index contributed by atoms with van der Waals surface area (Å²) in [5, 5.41) is 2.93.